The van der Waals surface area contributed by atoms with Gasteiger partial charge in [0.05, 0.1) is 6.61 Å². The van der Waals surface area contributed by atoms with Crippen LogP contribution in [-0.2, 0) is 9.63 Å². The Balaban J connectivity index is 2.61. The average Bonchev–Trinajstić information content (AvgIpc) is 2.16. The van der Waals surface area contributed by atoms with Crippen molar-refractivity contribution in [1.29, 1.82) is 0 Å². The lowest BCUT2D eigenvalue weighted by Crippen LogP contribution is -2.13. The van der Waals surface area contributed by atoms with E-state index < -0.39 is 12.6 Å². The highest BCUT2D eigenvalue weighted by molar-refractivity contribution is 5.68. The number of aryl methyl sites for hydroxylation is 1. The first kappa shape index (κ1) is 12.2. The number of hydrogen-bond acceptors (Lipinski definition) is 6. The van der Waals surface area contributed by atoms with Crippen molar-refractivity contribution in [3.05, 3.63) is 11.8 Å². The summed E-state index contributed by atoms with van der Waals surface area (Å²) in [5.41, 5.74) is 3.03. The molecule has 0 saturated heterocycles. The van der Waals surface area contributed by atoms with Gasteiger partial charge in [-0.25, -0.2) is 15.3 Å². The van der Waals surface area contributed by atoms with Crippen molar-refractivity contribution >= 4 is 11.9 Å². The number of nitrogens with one attached hydrogen (secondary N) is 1. The molecule has 0 aliphatic carbocycles. The molecule has 0 bridgehead atoms. The molecule has 16 heavy (non-hydrogen) atoms. The van der Waals surface area contributed by atoms with Gasteiger partial charge in [0, 0.05) is 11.8 Å². The summed E-state index contributed by atoms with van der Waals surface area (Å²) in [6, 6.07) is 1.67. The highest BCUT2D eigenvalue weighted by atomic mass is 16.7. The number of rotatable bonds is 6. The van der Waals surface area contributed by atoms with E-state index in [2.05, 4.69) is 20.3 Å². The predicted molar refractivity (Wildman–Crippen MR) is 55.1 cm³/mol. The summed E-state index contributed by atoms with van der Waals surface area (Å²) in [6.45, 7) is 3.63. The van der Waals surface area contributed by atoms with Crippen molar-refractivity contribution in [1.82, 2.24) is 9.97 Å². The quantitative estimate of drug-likeness (QED) is 0.687. The number of carboxylic acid groups (broad SMARTS) is 1. The highest BCUT2D eigenvalue weighted by Crippen LogP contribution is 2.11. The van der Waals surface area contributed by atoms with Crippen molar-refractivity contribution in [2.45, 2.75) is 13.8 Å². The summed E-state index contributed by atoms with van der Waals surface area (Å²) >= 11 is 0. The lowest BCUT2D eigenvalue weighted by atomic mass is 10.4. The Morgan fingerprint density at radius 2 is 2.31 bits per heavy atom. The molecule has 0 amide bonds. The molecule has 1 aromatic rings. The Morgan fingerprint density at radius 3 is 2.94 bits per heavy atom. The average molecular weight is 227 g/mol. The summed E-state index contributed by atoms with van der Waals surface area (Å²) in [5.74, 6) is -0.494. The number of anilines is 1. The monoisotopic (exact) mass is 227 g/mol. The maximum Gasteiger partial charge on any atom is 0.332 e. The normalized spacial score (nSPS) is 9.88. The minimum Gasteiger partial charge on any atom is -0.479 e. The minimum atomic E-state index is -1.08. The van der Waals surface area contributed by atoms with Crippen molar-refractivity contribution < 1.29 is 19.5 Å². The SMILES string of the molecule is CCOc1cc(C)nc(NOCC(=O)O)n1. The fourth-order valence-electron chi connectivity index (χ4n) is 0.970. The molecule has 7 nitrogen and oxygen atoms in total. The third-order valence-electron chi connectivity index (χ3n) is 1.48. The van der Waals surface area contributed by atoms with Gasteiger partial charge < -0.3 is 9.84 Å². The Kier molecular flexibility index (Phi) is 4.46. The molecular formula is C9H13N3O4. The van der Waals surface area contributed by atoms with E-state index in [1.54, 1.807) is 13.0 Å². The van der Waals surface area contributed by atoms with Crippen LogP contribution in [0, 0.1) is 6.92 Å². The van der Waals surface area contributed by atoms with Gasteiger partial charge >= 0.3 is 5.97 Å². The summed E-state index contributed by atoms with van der Waals surface area (Å²) < 4.78 is 5.19. The summed E-state index contributed by atoms with van der Waals surface area (Å²) in [6.07, 6.45) is 0. The molecule has 0 atom stereocenters. The molecule has 0 aliphatic heterocycles. The van der Waals surface area contributed by atoms with Crippen LogP contribution >= 0.6 is 0 Å². The molecule has 1 aromatic heterocycles. The maximum absolute atomic E-state index is 10.2. The fourth-order valence-corrected chi connectivity index (χ4v) is 0.970. The molecule has 0 aromatic carbocycles. The molecule has 88 valence electrons. The number of aliphatic carboxylic acids is 1. The minimum absolute atomic E-state index is 0.171. The van der Waals surface area contributed by atoms with Crippen LogP contribution in [0.1, 0.15) is 12.6 Å². The molecular weight excluding hydrogens is 214 g/mol. The number of nitrogens with zero attached hydrogens (tertiary/aromatic N) is 2. The van der Waals surface area contributed by atoms with E-state index in [0.29, 0.717) is 18.2 Å². The van der Waals surface area contributed by atoms with Crippen LogP contribution in [0.4, 0.5) is 5.95 Å². The number of carbonyl (C=O) groups is 1. The Morgan fingerprint density at radius 1 is 1.56 bits per heavy atom. The number of carboxylic acids is 1. The van der Waals surface area contributed by atoms with Gasteiger partial charge in [-0.05, 0) is 13.8 Å². The van der Waals surface area contributed by atoms with Crippen LogP contribution in [0.15, 0.2) is 6.07 Å². The largest absolute Gasteiger partial charge is 0.479 e. The molecule has 0 aliphatic rings. The summed E-state index contributed by atoms with van der Waals surface area (Å²) in [5, 5.41) is 8.35. The second kappa shape index (κ2) is 5.86. The van der Waals surface area contributed by atoms with Crippen LogP contribution in [0.5, 0.6) is 5.88 Å². The molecule has 0 unspecified atom stereocenters. The van der Waals surface area contributed by atoms with Crippen molar-refractivity contribution in [3.63, 3.8) is 0 Å². The zero-order chi connectivity index (χ0) is 12.0. The van der Waals surface area contributed by atoms with E-state index in [1.807, 2.05) is 6.92 Å². The van der Waals surface area contributed by atoms with Crippen LogP contribution in [-0.4, -0.2) is 34.3 Å². The third kappa shape index (κ3) is 4.09. The van der Waals surface area contributed by atoms with Gasteiger partial charge in [-0.1, -0.05) is 0 Å². The van der Waals surface area contributed by atoms with E-state index in [1.165, 1.54) is 0 Å². The second-order valence-electron chi connectivity index (χ2n) is 2.89. The van der Waals surface area contributed by atoms with Gasteiger partial charge in [0.25, 0.3) is 5.95 Å². The molecule has 0 fully saturated rings. The Bertz CT molecular complexity index is 370. The molecule has 7 heteroatoms. The Labute approximate surface area is 92.4 Å². The Hall–Kier alpha value is -1.89. The maximum atomic E-state index is 10.2. The topological polar surface area (TPSA) is 93.6 Å². The van der Waals surface area contributed by atoms with E-state index >= 15 is 0 Å². The number of hydrogen-bond donors (Lipinski definition) is 2. The van der Waals surface area contributed by atoms with Crippen LogP contribution in [0.3, 0.4) is 0 Å². The standard InChI is InChI=1S/C9H13N3O4/c1-3-15-7-4-6(2)10-9(11-7)12-16-5-8(13)14/h4H,3,5H2,1-2H3,(H,13,14)(H,10,11,12). The third-order valence-corrected chi connectivity index (χ3v) is 1.48. The summed E-state index contributed by atoms with van der Waals surface area (Å²) in [4.78, 5) is 22.8. The zero-order valence-electron chi connectivity index (χ0n) is 9.06. The van der Waals surface area contributed by atoms with E-state index in [0.717, 1.165) is 0 Å². The lowest BCUT2D eigenvalue weighted by Gasteiger charge is -2.07. The summed E-state index contributed by atoms with van der Waals surface area (Å²) in [7, 11) is 0. The number of ether oxygens (including phenoxy) is 1. The van der Waals surface area contributed by atoms with Gasteiger partial charge in [-0.3, -0.25) is 4.84 Å². The molecule has 1 heterocycles. The zero-order valence-corrected chi connectivity index (χ0v) is 9.06. The molecule has 2 N–H and O–H groups in total. The first-order valence-corrected chi connectivity index (χ1v) is 4.70. The fraction of sp³-hybridized carbons (Fsp3) is 0.444. The second-order valence-corrected chi connectivity index (χ2v) is 2.89. The molecule has 0 radical (unpaired) electrons. The van der Waals surface area contributed by atoms with Gasteiger partial charge in [0.1, 0.15) is 0 Å². The van der Waals surface area contributed by atoms with Gasteiger partial charge in [0.15, 0.2) is 6.61 Å². The first-order valence-electron chi connectivity index (χ1n) is 4.70. The molecule has 1 rings (SSSR count). The van der Waals surface area contributed by atoms with E-state index in [9.17, 15) is 4.79 Å². The van der Waals surface area contributed by atoms with Crippen LogP contribution in [0.2, 0.25) is 0 Å². The van der Waals surface area contributed by atoms with Gasteiger partial charge in [0.2, 0.25) is 5.88 Å². The highest BCUT2D eigenvalue weighted by Gasteiger charge is 2.03. The van der Waals surface area contributed by atoms with Crippen LogP contribution < -0.4 is 10.2 Å². The predicted octanol–water partition coefficient (Wildman–Crippen LogP) is 0.612. The smallest absolute Gasteiger partial charge is 0.332 e. The van der Waals surface area contributed by atoms with Crippen molar-refractivity contribution in [3.8, 4) is 5.88 Å². The lowest BCUT2D eigenvalue weighted by molar-refractivity contribution is -0.141. The van der Waals surface area contributed by atoms with Crippen molar-refractivity contribution in [2.24, 2.45) is 0 Å². The molecule has 0 spiro atoms. The van der Waals surface area contributed by atoms with Gasteiger partial charge in [-0.15, -0.1) is 0 Å². The first-order chi connectivity index (χ1) is 7.61. The van der Waals surface area contributed by atoms with Gasteiger partial charge in [-0.2, -0.15) is 4.98 Å². The van der Waals surface area contributed by atoms with Crippen LogP contribution in [0.25, 0.3) is 0 Å². The molecule has 0 saturated carbocycles. The van der Waals surface area contributed by atoms with E-state index in [-0.39, 0.29) is 5.95 Å². The van der Waals surface area contributed by atoms with Crippen molar-refractivity contribution in [2.75, 3.05) is 18.7 Å². The van der Waals surface area contributed by atoms with E-state index in [4.69, 9.17) is 9.84 Å². The number of aromatic nitrogens is 2.